The smallest absolute Gasteiger partial charge is 0.0795 e. The lowest BCUT2D eigenvalue weighted by molar-refractivity contribution is 0.202. The zero-order chi connectivity index (χ0) is 10.6. The molecule has 0 spiro atoms. The minimum atomic E-state index is 0.220. The van der Waals surface area contributed by atoms with Gasteiger partial charge in [0.2, 0.25) is 0 Å². The van der Waals surface area contributed by atoms with Gasteiger partial charge >= 0.3 is 0 Å². The summed E-state index contributed by atoms with van der Waals surface area (Å²) in [5.41, 5.74) is 2.92. The van der Waals surface area contributed by atoms with Crippen molar-refractivity contribution < 1.29 is 5.11 Å². The number of aromatic nitrogens is 1. The third kappa shape index (κ3) is 3.04. The Balaban J connectivity index is 2.44. The summed E-state index contributed by atoms with van der Waals surface area (Å²) in [5.74, 6) is 0.274. The van der Waals surface area contributed by atoms with Gasteiger partial charge in [0.25, 0.3) is 0 Å². The van der Waals surface area contributed by atoms with Crippen molar-refractivity contribution in [2.45, 2.75) is 32.9 Å². The number of nitrogens with one attached hydrogen (secondary N) is 1. The summed E-state index contributed by atoms with van der Waals surface area (Å²) in [6, 6.07) is 0.557. The lowest BCUT2D eigenvalue weighted by atomic mass is 10.0. The third-order valence-corrected chi connectivity index (χ3v) is 3.15. The van der Waals surface area contributed by atoms with Crippen molar-refractivity contribution in [3.63, 3.8) is 0 Å². The third-order valence-electron chi connectivity index (χ3n) is 2.55. The van der Waals surface area contributed by atoms with E-state index in [1.54, 1.807) is 11.3 Å². The number of nitrogens with zero attached hydrogens (tertiary/aromatic N) is 1. The van der Waals surface area contributed by atoms with Crippen LogP contribution < -0.4 is 5.32 Å². The molecule has 0 aliphatic rings. The topological polar surface area (TPSA) is 45.1 Å². The Kier molecular flexibility index (Phi) is 4.51. The van der Waals surface area contributed by atoms with Crippen molar-refractivity contribution in [2.24, 2.45) is 5.92 Å². The first-order valence-corrected chi connectivity index (χ1v) is 5.84. The van der Waals surface area contributed by atoms with Gasteiger partial charge in [-0.25, -0.2) is 4.98 Å². The molecule has 0 fully saturated rings. The fraction of sp³-hybridized carbons (Fsp3) is 0.700. The quantitative estimate of drug-likeness (QED) is 0.785. The second kappa shape index (κ2) is 5.44. The first kappa shape index (κ1) is 11.6. The molecule has 3 unspecified atom stereocenters. The summed E-state index contributed by atoms with van der Waals surface area (Å²) in [6.45, 7) is 6.43. The van der Waals surface area contributed by atoms with Gasteiger partial charge < -0.3 is 10.4 Å². The average molecular weight is 214 g/mol. The van der Waals surface area contributed by atoms with Gasteiger partial charge in [-0.05, 0) is 19.8 Å². The molecule has 1 heterocycles. The number of hydrogen-bond acceptors (Lipinski definition) is 4. The number of aliphatic hydroxyl groups excluding tert-OH is 1. The van der Waals surface area contributed by atoms with Crippen molar-refractivity contribution in [2.75, 3.05) is 6.61 Å². The van der Waals surface area contributed by atoms with E-state index in [2.05, 4.69) is 24.1 Å². The summed E-state index contributed by atoms with van der Waals surface area (Å²) < 4.78 is 0. The van der Waals surface area contributed by atoms with Crippen LogP contribution in [0.4, 0.5) is 0 Å². The van der Waals surface area contributed by atoms with E-state index >= 15 is 0 Å². The molecule has 0 aromatic carbocycles. The first-order valence-electron chi connectivity index (χ1n) is 4.90. The van der Waals surface area contributed by atoms with Crippen LogP contribution in [0.25, 0.3) is 0 Å². The zero-order valence-electron chi connectivity index (χ0n) is 8.90. The van der Waals surface area contributed by atoms with Crippen LogP contribution in [0.1, 0.15) is 32.5 Å². The maximum Gasteiger partial charge on any atom is 0.0795 e. The van der Waals surface area contributed by atoms with E-state index in [1.807, 2.05) is 17.8 Å². The van der Waals surface area contributed by atoms with Crippen LogP contribution in [0.15, 0.2) is 10.9 Å². The van der Waals surface area contributed by atoms with Crippen LogP contribution in [-0.2, 0) is 0 Å². The molecule has 3 atom stereocenters. The lowest BCUT2D eigenvalue weighted by Gasteiger charge is -2.23. The molecule has 0 amide bonds. The van der Waals surface area contributed by atoms with Gasteiger partial charge in [-0.1, -0.05) is 6.92 Å². The highest BCUT2D eigenvalue weighted by molar-refractivity contribution is 7.07. The van der Waals surface area contributed by atoms with Gasteiger partial charge in [-0.2, -0.15) is 0 Å². The van der Waals surface area contributed by atoms with Crippen LogP contribution in [0.3, 0.4) is 0 Å². The summed E-state index contributed by atoms with van der Waals surface area (Å²) in [6.07, 6.45) is 0. The maximum atomic E-state index is 9.00. The monoisotopic (exact) mass is 214 g/mol. The van der Waals surface area contributed by atoms with Crippen LogP contribution in [0.2, 0.25) is 0 Å². The molecule has 0 saturated heterocycles. The van der Waals surface area contributed by atoms with Crippen LogP contribution >= 0.6 is 11.3 Å². The normalized spacial score (nSPS) is 17.7. The van der Waals surface area contributed by atoms with Crippen LogP contribution in [0.5, 0.6) is 0 Å². The van der Waals surface area contributed by atoms with Gasteiger partial charge in [-0.15, -0.1) is 11.3 Å². The van der Waals surface area contributed by atoms with Gasteiger partial charge in [0.1, 0.15) is 0 Å². The van der Waals surface area contributed by atoms with Crippen molar-refractivity contribution in [1.29, 1.82) is 0 Å². The molecule has 4 heteroatoms. The Morgan fingerprint density at radius 3 is 2.71 bits per heavy atom. The average Bonchev–Trinajstić information content (AvgIpc) is 2.69. The van der Waals surface area contributed by atoms with Gasteiger partial charge in [0.05, 0.1) is 11.2 Å². The maximum absolute atomic E-state index is 9.00. The fourth-order valence-electron chi connectivity index (χ4n) is 1.24. The van der Waals surface area contributed by atoms with Crippen molar-refractivity contribution >= 4 is 11.3 Å². The number of rotatable bonds is 5. The van der Waals surface area contributed by atoms with Crippen molar-refractivity contribution in [3.8, 4) is 0 Å². The van der Waals surface area contributed by atoms with Gasteiger partial charge in [0.15, 0.2) is 0 Å². The molecular formula is C10H18N2OS. The molecule has 0 aliphatic heterocycles. The zero-order valence-corrected chi connectivity index (χ0v) is 9.71. The number of aliphatic hydroxyl groups is 1. The van der Waals surface area contributed by atoms with E-state index < -0.39 is 0 Å². The molecule has 0 bridgehead atoms. The van der Waals surface area contributed by atoms with Gasteiger partial charge in [0, 0.05) is 24.1 Å². The summed E-state index contributed by atoms with van der Waals surface area (Å²) in [5, 5.41) is 14.5. The van der Waals surface area contributed by atoms with E-state index in [0.29, 0.717) is 6.04 Å². The molecule has 2 N–H and O–H groups in total. The Morgan fingerprint density at radius 1 is 1.50 bits per heavy atom. The summed E-state index contributed by atoms with van der Waals surface area (Å²) in [7, 11) is 0. The number of hydrogen-bond donors (Lipinski definition) is 2. The standard InChI is InChI=1S/C10H18N2OS/c1-7(4-13)8(2)12-9(3)10-5-14-6-11-10/h5-9,12-13H,4H2,1-3H3. The van der Waals surface area contributed by atoms with Gasteiger partial charge in [-0.3, -0.25) is 0 Å². The molecule has 1 rings (SSSR count). The van der Waals surface area contributed by atoms with E-state index in [0.717, 1.165) is 5.69 Å². The van der Waals surface area contributed by atoms with Crippen LogP contribution in [-0.4, -0.2) is 22.7 Å². The van der Waals surface area contributed by atoms with Crippen molar-refractivity contribution in [1.82, 2.24) is 10.3 Å². The largest absolute Gasteiger partial charge is 0.396 e. The Morgan fingerprint density at radius 2 is 2.21 bits per heavy atom. The summed E-state index contributed by atoms with van der Waals surface area (Å²) in [4.78, 5) is 4.25. The first-order chi connectivity index (χ1) is 6.65. The van der Waals surface area contributed by atoms with E-state index in [9.17, 15) is 0 Å². The molecule has 0 aliphatic carbocycles. The molecule has 14 heavy (non-hydrogen) atoms. The molecule has 0 saturated carbocycles. The molecule has 1 aromatic heterocycles. The SMILES string of the molecule is CC(NC(C)C(C)CO)c1cscn1. The summed E-state index contributed by atoms with van der Waals surface area (Å²) >= 11 is 1.61. The molecule has 0 radical (unpaired) electrons. The number of thiazole rings is 1. The van der Waals surface area contributed by atoms with Crippen molar-refractivity contribution in [3.05, 3.63) is 16.6 Å². The molecule has 3 nitrogen and oxygen atoms in total. The Hall–Kier alpha value is -0.450. The molecule has 1 aromatic rings. The predicted molar refractivity (Wildman–Crippen MR) is 59.4 cm³/mol. The van der Waals surface area contributed by atoms with E-state index in [-0.39, 0.29) is 18.6 Å². The predicted octanol–water partition coefficient (Wildman–Crippen LogP) is 1.81. The molecular weight excluding hydrogens is 196 g/mol. The lowest BCUT2D eigenvalue weighted by Crippen LogP contribution is -2.35. The molecule has 80 valence electrons. The minimum absolute atomic E-state index is 0.220. The second-order valence-electron chi connectivity index (χ2n) is 3.75. The van der Waals surface area contributed by atoms with E-state index in [4.69, 9.17) is 5.11 Å². The highest BCUT2D eigenvalue weighted by Gasteiger charge is 2.15. The highest BCUT2D eigenvalue weighted by atomic mass is 32.1. The Labute approximate surface area is 89.2 Å². The second-order valence-corrected chi connectivity index (χ2v) is 4.47. The fourth-order valence-corrected chi connectivity index (χ4v) is 1.89. The highest BCUT2D eigenvalue weighted by Crippen LogP contribution is 2.14. The Bertz CT molecular complexity index is 251. The van der Waals surface area contributed by atoms with Crippen LogP contribution in [0, 0.1) is 5.92 Å². The van der Waals surface area contributed by atoms with E-state index in [1.165, 1.54) is 0 Å². The minimum Gasteiger partial charge on any atom is -0.396 e.